The summed E-state index contributed by atoms with van der Waals surface area (Å²) in [6, 6.07) is 0. The molecule has 0 heterocycles. The highest BCUT2D eigenvalue weighted by atomic mass is 16.6. The lowest BCUT2D eigenvalue weighted by molar-refractivity contribution is -0.569. The van der Waals surface area contributed by atoms with Crippen molar-refractivity contribution in [3.05, 3.63) is 58.7 Å². The average molecular weight is 436 g/mol. The van der Waals surface area contributed by atoms with E-state index in [2.05, 4.69) is 37.3 Å². The number of carboxylic acid groups (broad SMARTS) is 2. The van der Waals surface area contributed by atoms with Gasteiger partial charge in [0.05, 0.1) is 0 Å². The minimum Gasteiger partial charge on any atom is -0.481 e. The van der Waals surface area contributed by atoms with E-state index in [0.29, 0.717) is 12.8 Å². The Bertz CT molecular complexity index is 632. The van der Waals surface area contributed by atoms with Gasteiger partial charge in [0.1, 0.15) is 12.8 Å². The van der Waals surface area contributed by atoms with Gasteiger partial charge in [-0.3, -0.25) is 19.7 Å². The maximum absolute atomic E-state index is 11.3. The van der Waals surface area contributed by atoms with E-state index in [1.807, 2.05) is 18.2 Å². The first-order valence-corrected chi connectivity index (χ1v) is 11.0. The lowest BCUT2D eigenvalue weighted by Crippen LogP contribution is -2.42. The van der Waals surface area contributed by atoms with Crippen molar-refractivity contribution >= 4 is 11.9 Å². The standard InChI is InChI=1S/C24H37NO6/c1-2-3-4-5-6-7-8-9-10-11-12-13-14-15-16-17-18-19-24(25(30)31,20-22(26)27)21-23(28)29/h6-7,9-10,12-13,15-16H,2-5,8,11,14,17-21H2,1H3,(H,26,27)(H,28,29)/b7-6+,10-9+,13-12+,16-15+. The van der Waals surface area contributed by atoms with Crippen LogP contribution in [0.3, 0.4) is 0 Å². The highest BCUT2D eigenvalue weighted by molar-refractivity contribution is 5.72. The molecular formula is C24H37NO6. The van der Waals surface area contributed by atoms with Crippen molar-refractivity contribution in [2.75, 3.05) is 0 Å². The number of nitro groups is 1. The van der Waals surface area contributed by atoms with Crippen LogP contribution in [0.25, 0.3) is 0 Å². The van der Waals surface area contributed by atoms with Crippen LogP contribution in [-0.2, 0) is 9.59 Å². The van der Waals surface area contributed by atoms with Gasteiger partial charge < -0.3 is 10.2 Å². The van der Waals surface area contributed by atoms with Gasteiger partial charge in [-0.05, 0) is 44.9 Å². The third kappa shape index (κ3) is 15.8. The zero-order chi connectivity index (χ0) is 23.4. The molecule has 0 aromatic rings. The van der Waals surface area contributed by atoms with Crippen LogP contribution in [0.4, 0.5) is 0 Å². The van der Waals surface area contributed by atoms with Crippen LogP contribution in [0.1, 0.15) is 84.0 Å². The fourth-order valence-electron chi connectivity index (χ4n) is 3.13. The SMILES string of the molecule is CCCCC/C=C/C/C=C/C/C=C/C/C=C/CCCC(CC(=O)O)(CC(=O)O)[N+](=O)[O-]. The summed E-state index contributed by atoms with van der Waals surface area (Å²) in [5, 5.41) is 29.2. The summed E-state index contributed by atoms with van der Waals surface area (Å²) in [4.78, 5) is 32.5. The summed E-state index contributed by atoms with van der Waals surface area (Å²) in [6.45, 7) is 2.20. The molecule has 7 nitrogen and oxygen atoms in total. The van der Waals surface area contributed by atoms with Crippen LogP contribution in [0.15, 0.2) is 48.6 Å². The Hall–Kier alpha value is -2.70. The highest BCUT2D eigenvalue weighted by Gasteiger charge is 2.46. The van der Waals surface area contributed by atoms with Crippen molar-refractivity contribution in [3.63, 3.8) is 0 Å². The minimum atomic E-state index is -1.96. The first kappa shape index (κ1) is 28.3. The molecule has 0 bridgehead atoms. The second-order valence-corrected chi connectivity index (χ2v) is 7.60. The number of nitrogens with zero attached hydrogens (tertiary/aromatic N) is 1. The van der Waals surface area contributed by atoms with E-state index < -0.39 is 35.2 Å². The summed E-state index contributed by atoms with van der Waals surface area (Å²) >= 11 is 0. The molecule has 0 atom stereocenters. The smallest absolute Gasteiger partial charge is 0.310 e. The third-order valence-corrected chi connectivity index (χ3v) is 4.82. The number of unbranched alkanes of at least 4 members (excludes halogenated alkanes) is 4. The Balaban J connectivity index is 4.11. The molecule has 7 heteroatoms. The van der Waals surface area contributed by atoms with Crippen molar-refractivity contribution < 1.29 is 24.7 Å². The van der Waals surface area contributed by atoms with Crippen LogP contribution in [0.2, 0.25) is 0 Å². The summed E-state index contributed by atoms with van der Waals surface area (Å²) < 4.78 is 0. The molecule has 0 spiro atoms. The Morgan fingerprint density at radius 1 is 0.774 bits per heavy atom. The molecule has 31 heavy (non-hydrogen) atoms. The molecule has 0 aromatic heterocycles. The van der Waals surface area contributed by atoms with Crippen LogP contribution in [-0.4, -0.2) is 32.6 Å². The van der Waals surface area contributed by atoms with Gasteiger partial charge in [-0.2, -0.15) is 0 Å². The van der Waals surface area contributed by atoms with Crippen molar-refractivity contribution in [2.24, 2.45) is 0 Å². The van der Waals surface area contributed by atoms with Gasteiger partial charge in [0, 0.05) is 11.3 Å². The first-order valence-electron chi connectivity index (χ1n) is 11.0. The Morgan fingerprint density at radius 2 is 1.19 bits per heavy atom. The molecule has 0 aliphatic rings. The monoisotopic (exact) mass is 435 g/mol. The van der Waals surface area contributed by atoms with Crippen LogP contribution >= 0.6 is 0 Å². The van der Waals surface area contributed by atoms with Gasteiger partial charge in [-0.25, -0.2) is 0 Å². The maximum atomic E-state index is 11.3. The molecule has 0 radical (unpaired) electrons. The number of aliphatic carboxylic acids is 2. The van der Waals surface area contributed by atoms with E-state index in [9.17, 15) is 19.7 Å². The number of allylic oxidation sites excluding steroid dienone is 8. The fourth-order valence-corrected chi connectivity index (χ4v) is 3.13. The Labute approximate surface area is 185 Å². The average Bonchev–Trinajstić information content (AvgIpc) is 2.69. The molecule has 174 valence electrons. The number of hydrogen-bond acceptors (Lipinski definition) is 4. The quantitative estimate of drug-likeness (QED) is 0.110. The van der Waals surface area contributed by atoms with E-state index >= 15 is 0 Å². The van der Waals surface area contributed by atoms with Crippen molar-refractivity contribution in [1.29, 1.82) is 0 Å². The third-order valence-electron chi connectivity index (χ3n) is 4.82. The Kier molecular flexibility index (Phi) is 16.5. The number of carbonyl (C=O) groups is 2. The molecule has 0 aliphatic carbocycles. The summed E-state index contributed by atoms with van der Waals surface area (Å²) in [5.74, 6) is -2.73. The molecule has 0 amide bonds. The van der Waals surface area contributed by atoms with E-state index in [4.69, 9.17) is 10.2 Å². The first-order chi connectivity index (χ1) is 14.8. The van der Waals surface area contributed by atoms with Crippen molar-refractivity contribution in [1.82, 2.24) is 0 Å². The van der Waals surface area contributed by atoms with Crippen LogP contribution in [0.5, 0.6) is 0 Å². The molecule has 0 fully saturated rings. The number of carboxylic acids is 2. The normalized spacial score (nSPS) is 12.5. The summed E-state index contributed by atoms with van der Waals surface area (Å²) in [6.07, 6.45) is 23.4. The predicted molar refractivity (Wildman–Crippen MR) is 123 cm³/mol. The van der Waals surface area contributed by atoms with Gasteiger partial charge >= 0.3 is 11.9 Å². The second kappa shape index (κ2) is 18.1. The molecule has 0 aromatic carbocycles. The summed E-state index contributed by atoms with van der Waals surface area (Å²) in [7, 11) is 0. The predicted octanol–water partition coefficient (Wildman–Crippen LogP) is 6.10. The van der Waals surface area contributed by atoms with Crippen LogP contribution in [0, 0.1) is 10.1 Å². The van der Waals surface area contributed by atoms with Crippen molar-refractivity contribution in [3.8, 4) is 0 Å². The summed E-state index contributed by atoms with van der Waals surface area (Å²) in [5.41, 5.74) is -1.96. The zero-order valence-electron chi connectivity index (χ0n) is 18.6. The molecule has 2 N–H and O–H groups in total. The number of rotatable bonds is 19. The van der Waals surface area contributed by atoms with Gasteiger partial charge in [-0.1, -0.05) is 68.4 Å². The molecule has 0 saturated heterocycles. The maximum Gasteiger partial charge on any atom is 0.310 e. The topological polar surface area (TPSA) is 118 Å². The van der Waals surface area contributed by atoms with E-state index in [1.165, 1.54) is 19.3 Å². The molecular weight excluding hydrogens is 398 g/mol. The molecule has 0 saturated carbocycles. The lowest BCUT2D eigenvalue weighted by atomic mass is 9.86. The van der Waals surface area contributed by atoms with Gasteiger partial charge in [-0.15, -0.1) is 0 Å². The second-order valence-electron chi connectivity index (χ2n) is 7.60. The van der Waals surface area contributed by atoms with E-state index in [1.54, 1.807) is 0 Å². The highest BCUT2D eigenvalue weighted by Crippen LogP contribution is 2.27. The largest absolute Gasteiger partial charge is 0.481 e. The van der Waals surface area contributed by atoms with Crippen LogP contribution < -0.4 is 0 Å². The van der Waals surface area contributed by atoms with Gasteiger partial charge in [0.15, 0.2) is 0 Å². The zero-order valence-corrected chi connectivity index (χ0v) is 18.6. The molecule has 0 unspecified atom stereocenters. The lowest BCUT2D eigenvalue weighted by Gasteiger charge is -2.21. The molecule has 0 aliphatic heterocycles. The van der Waals surface area contributed by atoms with E-state index in [0.717, 1.165) is 25.7 Å². The Morgan fingerprint density at radius 3 is 1.58 bits per heavy atom. The fraction of sp³-hybridized carbons (Fsp3) is 0.583. The van der Waals surface area contributed by atoms with Gasteiger partial charge in [0.25, 0.3) is 0 Å². The minimum absolute atomic E-state index is 0.0867. The van der Waals surface area contributed by atoms with E-state index in [-0.39, 0.29) is 6.42 Å². The molecule has 0 rings (SSSR count). The number of hydrogen-bond donors (Lipinski definition) is 2. The van der Waals surface area contributed by atoms with Gasteiger partial charge in [0.2, 0.25) is 5.54 Å². The van der Waals surface area contributed by atoms with Crippen molar-refractivity contribution in [2.45, 2.75) is 89.5 Å².